The van der Waals surface area contributed by atoms with E-state index in [1.165, 1.54) is 6.20 Å². The summed E-state index contributed by atoms with van der Waals surface area (Å²) in [6.45, 7) is 2.61. The quantitative estimate of drug-likeness (QED) is 0.182. The first kappa shape index (κ1) is 28.4. The Labute approximate surface area is 231 Å². The predicted octanol–water partition coefficient (Wildman–Crippen LogP) is 3.64. The summed E-state index contributed by atoms with van der Waals surface area (Å²) in [6, 6.07) is 15.9. The van der Waals surface area contributed by atoms with E-state index in [-0.39, 0.29) is 17.6 Å². The molecule has 2 aromatic heterocycles. The number of aliphatic hydroxyl groups excluding tert-OH is 1. The van der Waals surface area contributed by atoms with Crippen molar-refractivity contribution in [2.24, 2.45) is 0 Å². The number of nitrogens with zero attached hydrogens (tertiary/aromatic N) is 2. The number of nitrogens with one attached hydrogen (secondary N) is 2. The molecule has 2 heterocycles. The number of carboxylic acid groups (broad SMARTS) is 1. The smallest absolute Gasteiger partial charge is 0.352 e. The first-order valence-electron chi connectivity index (χ1n) is 12.1. The highest BCUT2D eigenvalue weighted by atomic mass is 35.5. The van der Waals surface area contributed by atoms with E-state index in [1.54, 1.807) is 41.0 Å². The summed E-state index contributed by atoms with van der Waals surface area (Å²) in [6.07, 6.45) is 2.43. The van der Waals surface area contributed by atoms with Gasteiger partial charge >= 0.3 is 5.97 Å². The van der Waals surface area contributed by atoms with Crippen LogP contribution in [0.15, 0.2) is 60.8 Å². The van der Waals surface area contributed by atoms with Crippen LogP contribution in [0.5, 0.6) is 0 Å². The van der Waals surface area contributed by atoms with Crippen molar-refractivity contribution in [2.75, 3.05) is 23.3 Å². The lowest BCUT2D eigenvalue weighted by atomic mass is 10.0. The molecule has 0 aliphatic heterocycles. The highest BCUT2D eigenvalue weighted by Crippen LogP contribution is 2.25. The number of fused-ring (bicyclic) bond motifs is 1. The molecule has 0 spiro atoms. The first-order valence-corrected chi connectivity index (χ1v) is 14.4. The molecule has 0 bridgehead atoms. The Kier molecular flexibility index (Phi) is 8.45. The number of aromatic nitrogens is 2. The zero-order chi connectivity index (χ0) is 28.3. The van der Waals surface area contributed by atoms with Crippen molar-refractivity contribution in [3.8, 4) is 0 Å². The Bertz CT molecular complexity index is 1610. The van der Waals surface area contributed by atoms with Crippen LogP contribution >= 0.6 is 11.6 Å². The number of aliphatic hydroxyl groups is 1. The Morgan fingerprint density at radius 1 is 1.13 bits per heavy atom. The molecule has 6 N–H and O–H groups in total. The molecule has 0 aliphatic rings. The highest BCUT2D eigenvalue weighted by molar-refractivity contribution is 7.92. The van der Waals surface area contributed by atoms with E-state index in [0.717, 1.165) is 28.3 Å². The molecule has 4 aromatic rings. The molecule has 4 rings (SSSR count). The Hall–Kier alpha value is -3.64. The normalized spacial score (nSPS) is 13.3. The molecule has 12 heteroatoms. The Morgan fingerprint density at radius 2 is 1.82 bits per heavy atom. The molecule has 39 heavy (non-hydrogen) atoms. The average molecular weight is 572 g/mol. The van der Waals surface area contributed by atoms with Gasteiger partial charge in [-0.3, -0.25) is 4.72 Å². The minimum absolute atomic E-state index is 0.0226. The summed E-state index contributed by atoms with van der Waals surface area (Å²) in [5, 5.41) is 24.7. The molecule has 0 aliphatic carbocycles. The summed E-state index contributed by atoms with van der Waals surface area (Å²) in [5.41, 5.74) is 9.41. The lowest BCUT2D eigenvalue weighted by molar-refractivity contribution is 0.0686. The Balaban J connectivity index is 1.46. The van der Waals surface area contributed by atoms with Gasteiger partial charge in [0, 0.05) is 47.5 Å². The lowest BCUT2D eigenvalue weighted by Crippen LogP contribution is -2.32. The maximum absolute atomic E-state index is 12.0. The third kappa shape index (κ3) is 7.27. The molecule has 0 saturated heterocycles. The standard InChI is InChI=1S/C27H30ClN5O5S/c1-16(30-14-25(34)20-11-22(28)26(29)31-13-20)9-18-5-8-23-19(10-18)12-24(27(35)36)33(23)15-17-3-6-21(7-4-17)32-39(2,37)38/h3-8,10-13,16,25,30,32,34H,9,14-15H2,1-2H3,(H2,29,31)(H,35,36). The fourth-order valence-corrected chi connectivity index (χ4v) is 5.11. The average Bonchev–Trinajstić information content (AvgIpc) is 3.22. The SMILES string of the molecule is CC(Cc1ccc2c(c1)cc(C(=O)O)n2Cc1ccc(NS(C)(=O)=O)cc1)NCC(O)c1cnc(N)c(Cl)c1. The number of anilines is 2. The van der Waals surface area contributed by atoms with E-state index < -0.39 is 22.1 Å². The molecular formula is C27H30ClN5O5S. The third-order valence-corrected chi connectivity index (χ3v) is 7.17. The summed E-state index contributed by atoms with van der Waals surface area (Å²) in [4.78, 5) is 16.0. The van der Waals surface area contributed by atoms with Crippen LogP contribution in [0.4, 0.5) is 11.5 Å². The molecule has 0 saturated carbocycles. The summed E-state index contributed by atoms with van der Waals surface area (Å²) in [5.74, 6) is -0.826. The number of hydrogen-bond acceptors (Lipinski definition) is 7. The van der Waals surface area contributed by atoms with Crippen LogP contribution in [-0.2, 0) is 23.0 Å². The van der Waals surface area contributed by atoms with Gasteiger partial charge in [-0.25, -0.2) is 18.2 Å². The number of hydrogen-bond donors (Lipinski definition) is 5. The maximum atomic E-state index is 12.0. The van der Waals surface area contributed by atoms with Gasteiger partial charge in [0.1, 0.15) is 11.5 Å². The zero-order valence-electron chi connectivity index (χ0n) is 21.4. The molecule has 206 valence electrons. The van der Waals surface area contributed by atoms with E-state index in [4.69, 9.17) is 17.3 Å². The van der Waals surface area contributed by atoms with Crippen LogP contribution < -0.4 is 15.8 Å². The van der Waals surface area contributed by atoms with Crippen molar-refractivity contribution in [2.45, 2.75) is 32.0 Å². The number of pyridine rings is 1. The van der Waals surface area contributed by atoms with E-state index in [9.17, 15) is 23.4 Å². The number of rotatable bonds is 11. The van der Waals surface area contributed by atoms with Crippen molar-refractivity contribution < 1.29 is 23.4 Å². The van der Waals surface area contributed by atoms with E-state index in [0.29, 0.717) is 35.8 Å². The summed E-state index contributed by atoms with van der Waals surface area (Å²) < 4.78 is 27.0. The molecule has 2 atom stereocenters. The number of carboxylic acids is 1. The maximum Gasteiger partial charge on any atom is 0.352 e. The topological polar surface area (TPSA) is 160 Å². The van der Waals surface area contributed by atoms with Gasteiger partial charge in [-0.1, -0.05) is 29.8 Å². The largest absolute Gasteiger partial charge is 0.477 e. The fraction of sp³-hybridized carbons (Fsp3) is 0.259. The van der Waals surface area contributed by atoms with Gasteiger partial charge in [0.25, 0.3) is 0 Å². The van der Waals surface area contributed by atoms with Gasteiger partial charge < -0.3 is 25.8 Å². The van der Waals surface area contributed by atoms with Crippen molar-refractivity contribution >= 4 is 50.0 Å². The number of nitrogen functional groups attached to an aromatic ring is 1. The second-order valence-corrected chi connectivity index (χ2v) is 11.7. The van der Waals surface area contributed by atoms with Crippen LogP contribution in [-0.4, -0.2) is 53.0 Å². The van der Waals surface area contributed by atoms with Crippen molar-refractivity contribution in [3.63, 3.8) is 0 Å². The highest BCUT2D eigenvalue weighted by Gasteiger charge is 2.17. The molecule has 2 unspecified atom stereocenters. The number of halogens is 1. The van der Waals surface area contributed by atoms with Gasteiger partial charge in [-0.2, -0.15) is 0 Å². The molecule has 0 amide bonds. The number of nitrogens with two attached hydrogens (primary N) is 1. The van der Waals surface area contributed by atoms with Gasteiger partial charge in [-0.05, 0) is 60.9 Å². The molecule has 0 radical (unpaired) electrons. The second-order valence-electron chi connectivity index (χ2n) is 9.55. The molecular weight excluding hydrogens is 542 g/mol. The van der Waals surface area contributed by atoms with E-state index >= 15 is 0 Å². The monoisotopic (exact) mass is 571 g/mol. The van der Waals surface area contributed by atoms with Gasteiger partial charge in [0.05, 0.1) is 17.4 Å². The number of carbonyl (C=O) groups is 1. The molecule has 10 nitrogen and oxygen atoms in total. The van der Waals surface area contributed by atoms with Crippen molar-refractivity contribution in [1.82, 2.24) is 14.9 Å². The van der Waals surface area contributed by atoms with Crippen molar-refractivity contribution in [3.05, 3.63) is 88.2 Å². The van der Waals surface area contributed by atoms with Gasteiger partial charge in [-0.15, -0.1) is 0 Å². The number of sulfonamides is 1. The molecule has 0 fully saturated rings. The van der Waals surface area contributed by atoms with E-state index in [1.807, 2.05) is 25.1 Å². The minimum Gasteiger partial charge on any atom is -0.477 e. The Morgan fingerprint density at radius 3 is 2.46 bits per heavy atom. The van der Waals surface area contributed by atoms with Gasteiger partial charge in [0.2, 0.25) is 10.0 Å². The van der Waals surface area contributed by atoms with Crippen LogP contribution in [0, 0.1) is 0 Å². The van der Waals surface area contributed by atoms with Crippen LogP contribution in [0.25, 0.3) is 10.9 Å². The summed E-state index contributed by atoms with van der Waals surface area (Å²) >= 11 is 6.00. The first-order chi connectivity index (χ1) is 18.4. The van der Waals surface area contributed by atoms with Crippen LogP contribution in [0.3, 0.4) is 0 Å². The minimum atomic E-state index is -3.38. The van der Waals surface area contributed by atoms with E-state index in [2.05, 4.69) is 15.0 Å². The van der Waals surface area contributed by atoms with Crippen LogP contribution in [0.1, 0.15) is 40.2 Å². The second kappa shape index (κ2) is 11.6. The third-order valence-electron chi connectivity index (χ3n) is 6.26. The van der Waals surface area contributed by atoms with Gasteiger partial charge in [0.15, 0.2) is 0 Å². The fourth-order valence-electron chi connectivity index (χ4n) is 4.37. The lowest BCUT2D eigenvalue weighted by Gasteiger charge is -2.18. The molecule has 2 aromatic carbocycles. The van der Waals surface area contributed by atoms with Crippen molar-refractivity contribution in [1.29, 1.82) is 0 Å². The zero-order valence-corrected chi connectivity index (χ0v) is 23.0. The number of aromatic carboxylic acids is 1. The van der Waals surface area contributed by atoms with Crippen LogP contribution in [0.2, 0.25) is 5.02 Å². The number of benzene rings is 2. The summed E-state index contributed by atoms with van der Waals surface area (Å²) in [7, 11) is -3.38. The predicted molar refractivity (Wildman–Crippen MR) is 153 cm³/mol.